The number of benzene rings is 3. The van der Waals surface area contributed by atoms with Crippen molar-refractivity contribution in [3.63, 3.8) is 0 Å². The van der Waals surface area contributed by atoms with E-state index >= 15 is 0 Å². The molecule has 0 bridgehead atoms. The van der Waals surface area contributed by atoms with Crippen LogP contribution >= 0.6 is 11.3 Å². The average Bonchev–Trinajstić information content (AvgIpc) is 3.45. The fourth-order valence-corrected chi connectivity index (χ4v) is 5.36. The van der Waals surface area contributed by atoms with Gasteiger partial charge in [0.15, 0.2) is 16.6 Å². The van der Waals surface area contributed by atoms with Gasteiger partial charge in [-0.15, -0.1) is 0 Å². The fraction of sp³-hybridized carbons (Fsp3) is 0.148. The van der Waals surface area contributed by atoms with E-state index in [9.17, 15) is 19.1 Å². The van der Waals surface area contributed by atoms with Crippen molar-refractivity contribution in [2.24, 2.45) is 0 Å². The molecule has 0 unspecified atom stereocenters. The molecule has 0 radical (unpaired) electrons. The van der Waals surface area contributed by atoms with Crippen molar-refractivity contribution in [2.75, 3.05) is 26.2 Å². The molecule has 0 saturated carbocycles. The van der Waals surface area contributed by atoms with Crippen LogP contribution in [-0.4, -0.2) is 43.1 Å². The normalized spacial score (nSPS) is 16.9. The molecular formula is C27H21FN2O6S. The number of Topliss-reactive ketones (excluding diaryl/α,β-unsaturated/α-hetero) is 1. The number of hydrogen-bond donors (Lipinski definition) is 1. The molecule has 37 heavy (non-hydrogen) atoms. The topological polar surface area (TPSA) is 98.2 Å². The number of anilines is 1. The minimum absolute atomic E-state index is 0.129. The number of fused-ring (bicyclic) bond motifs is 1. The van der Waals surface area contributed by atoms with Gasteiger partial charge in [-0.25, -0.2) is 9.37 Å². The van der Waals surface area contributed by atoms with Gasteiger partial charge in [0.25, 0.3) is 5.78 Å². The van der Waals surface area contributed by atoms with Gasteiger partial charge in [0, 0.05) is 5.56 Å². The maximum Gasteiger partial charge on any atom is 0.301 e. The highest BCUT2D eigenvalue weighted by Crippen LogP contribution is 2.48. The summed E-state index contributed by atoms with van der Waals surface area (Å²) in [5.41, 5.74) is 1.12. The standard InChI is InChI=1S/C27H21FN2O6S/c1-34-18-11-15(12-19(35-2)25(18)36-3)22-21(23(31)14-7-5-4-6-8-14)24(32)26(33)30(22)27-29-17-10-9-16(28)13-20(17)37-27/h4-13,22,31H,1-3H3/t22-/m1/s1. The molecule has 188 valence electrons. The highest BCUT2D eigenvalue weighted by atomic mass is 32.1. The summed E-state index contributed by atoms with van der Waals surface area (Å²) in [6, 6.07) is 14.7. The number of aromatic nitrogens is 1. The van der Waals surface area contributed by atoms with Crippen LogP contribution in [0.3, 0.4) is 0 Å². The quantitative estimate of drug-likeness (QED) is 0.215. The number of nitrogens with zero attached hydrogens (tertiary/aromatic N) is 2. The Morgan fingerprint density at radius 3 is 2.27 bits per heavy atom. The van der Waals surface area contributed by atoms with Gasteiger partial charge < -0.3 is 19.3 Å². The van der Waals surface area contributed by atoms with E-state index in [4.69, 9.17) is 14.2 Å². The number of halogens is 1. The maximum absolute atomic E-state index is 13.9. The monoisotopic (exact) mass is 520 g/mol. The van der Waals surface area contributed by atoms with Crippen LogP contribution in [0.1, 0.15) is 17.2 Å². The van der Waals surface area contributed by atoms with Crippen LogP contribution in [0.5, 0.6) is 17.2 Å². The van der Waals surface area contributed by atoms with E-state index in [1.807, 2.05) is 0 Å². The molecule has 0 aliphatic carbocycles. The number of ether oxygens (including phenoxy) is 3. The molecule has 8 nitrogen and oxygen atoms in total. The lowest BCUT2D eigenvalue weighted by atomic mass is 9.95. The molecule has 10 heteroatoms. The highest BCUT2D eigenvalue weighted by Gasteiger charge is 2.48. The number of aliphatic hydroxyl groups is 1. The van der Waals surface area contributed by atoms with Crippen molar-refractivity contribution in [1.29, 1.82) is 0 Å². The molecule has 1 aliphatic heterocycles. The summed E-state index contributed by atoms with van der Waals surface area (Å²) in [5, 5.41) is 11.4. The largest absolute Gasteiger partial charge is 0.507 e. The number of amides is 1. The first-order chi connectivity index (χ1) is 17.9. The van der Waals surface area contributed by atoms with E-state index in [1.54, 1.807) is 42.5 Å². The average molecular weight is 521 g/mol. The third-order valence-corrected chi connectivity index (χ3v) is 7.06. The molecule has 4 aromatic rings. The molecule has 1 atom stereocenters. The second-order valence-corrected chi connectivity index (χ2v) is 9.11. The number of aliphatic hydroxyl groups excluding tert-OH is 1. The summed E-state index contributed by atoms with van der Waals surface area (Å²) >= 11 is 1.06. The molecule has 1 N–H and O–H groups in total. The molecule has 1 amide bonds. The summed E-state index contributed by atoms with van der Waals surface area (Å²) in [5.74, 6) is -1.63. The molecule has 3 aromatic carbocycles. The Kier molecular flexibility index (Phi) is 6.26. The Bertz CT molecular complexity index is 1540. The predicted molar refractivity (Wildman–Crippen MR) is 137 cm³/mol. The first-order valence-electron chi connectivity index (χ1n) is 11.1. The summed E-state index contributed by atoms with van der Waals surface area (Å²) in [6.07, 6.45) is 0. The van der Waals surface area contributed by atoms with E-state index in [2.05, 4.69) is 4.98 Å². The fourth-order valence-electron chi connectivity index (χ4n) is 4.35. The van der Waals surface area contributed by atoms with Crippen LogP contribution in [0.25, 0.3) is 16.0 Å². The highest BCUT2D eigenvalue weighted by molar-refractivity contribution is 7.22. The summed E-state index contributed by atoms with van der Waals surface area (Å²) < 4.78 is 30.8. The number of rotatable bonds is 6. The minimum Gasteiger partial charge on any atom is -0.507 e. The van der Waals surface area contributed by atoms with Crippen molar-refractivity contribution in [2.45, 2.75) is 6.04 Å². The van der Waals surface area contributed by atoms with Crippen LogP contribution in [0, 0.1) is 5.82 Å². The summed E-state index contributed by atoms with van der Waals surface area (Å²) in [4.78, 5) is 32.6. The van der Waals surface area contributed by atoms with Crippen LogP contribution in [0.2, 0.25) is 0 Å². The lowest BCUT2D eigenvalue weighted by molar-refractivity contribution is -0.132. The van der Waals surface area contributed by atoms with Gasteiger partial charge in [0.1, 0.15) is 11.6 Å². The number of thiazole rings is 1. The summed E-state index contributed by atoms with van der Waals surface area (Å²) in [7, 11) is 4.36. The van der Waals surface area contributed by atoms with Gasteiger partial charge >= 0.3 is 5.91 Å². The molecule has 1 aromatic heterocycles. The zero-order valence-electron chi connectivity index (χ0n) is 20.0. The molecule has 2 heterocycles. The predicted octanol–water partition coefficient (Wildman–Crippen LogP) is 5.09. The maximum atomic E-state index is 13.9. The second-order valence-electron chi connectivity index (χ2n) is 8.10. The zero-order valence-corrected chi connectivity index (χ0v) is 20.8. The van der Waals surface area contributed by atoms with Gasteiger partial charge in [-0.1, -0.05) is 41.7 Å². The van der Waals surface area contributed by atoms with Gasteiger partial charge in [-0.2, -0.15) is 0 Å². The van der Waals surface area contributed by atoms with Crippen molar-refractivity contribution < 1.29 is 33.3 Å². The first-order valence-corrected chi connectivity index (χ1v) is 11.9. The molecule has 5 rings (SSSR count). The van der Waals surface area contributed by atoms with E-state index in [0.717, 1.165) is 11.3 Å². The van der Waals surface area contributed by atoms with Gasteiger partial charge in [0.05, 0.1) is 43.2 Å². The van der Waals surface area contributed by atoms with Crippen molar-refractivity contribution in [1.82, 2.24) is 4.98 Å². The first kappa shape index (κ1) is 24.3. The molecular weight excluding hydrogens is 499 g/mol. The number of hydrogen-bond acceptors (Lipinski definition) is 8. The van der Waals surface area contributed by atoms with E-state index in [-0.39, 0.29) is 16.5 Å². The molecule has 1 saturated heterocycles. The second kappa shape index (κ2) is 9.55. The number of methoxy groups -OCH3 is 3. The zero-order chi connectivity index (χ0) is 26.3. The molecule has 1 fully saturated rings. The Hall–Kier alpha value is -4.44. The Balaban J connectivity index is 1.79. The Morgan fingerprint density at radius 1 is 0.973 bits per heavy atom. The number of ketones is 1. The lowest BCUT2D eigenvalue weighted by Crippen LogP contribution is -2.29. The third-order valence-electron chi connectivity index (χ3n) is 6.04. The van der Waals surface area contributed by atoms with Crippen LogP contribution in [0.4, 0.5) is 9.52 Å². The summed E-state index contributed by atoms with van der Waals surface area (Å²) in [6.45, 7) is 0. The van der Waals surface area contributed by atoms with Crippen molar-refractivity contribution >= 4 is 44.1 Å². The van der Waals surface area contributed by atoms with Crippen molar-refractivity contribution in [3.05, 3.63) is 83.2 Å². The SMILES string of the molecule is COc1cc([C@@H]2C(=C(O)c3ccccc3)C(=O)C(=O)N2c2nc3ccc(F)cc3s2)cc(OC)c1OC. The number of carbonyl (C=O) groups is 2. The Labute approximate surface area is 215 Å². The van der Waals surface area contributed by atoms with Gasteiger partial charge in [-0.3, -0.25) is 14.5 Å². The van der Waals surface area contributed by atoms with Crippen LogP contribution in [-0.2, 0) is 9.59 Å². The molecule has 0 spiro atoms. The molecule has 1 aliphatic rings. The van der Waals surface area contributed by atoms with E-state index < -0.39 is 23.5 Å². The lowest BCUT2D eigenvalue weighted by Gasteiger charge is -2.24. The van der Waals surface area contributed by atoms with E-state index in [1.165, 1.54) is 44.4 Å². The van der Waals surface area contributed by atoms with E-state index in [0.29, 0.717) is 38.6 Å². The minimum atomic E-state index is -1.08. The smallest absolute Gasteiger partial charge is 0.301 e. The van der Waals surface area contributed by atoms with Crippen LogP contribution in [0.15, 0.2) is 66.2 Å². The van der Waals surface area contributed by atoms with Crippen LogP contribution < -0.4 is 19.1 Å². The van der Waals surface area contributed by atoms with Crippen molar-refractivity contribution in [3.8, 4) is 17.2 Å². The third kappa shape index (κ3) is 4.05. The van der Waals surface area contributed by atoms with Gasteiger partial charge in [0.2, 0.25) is 5.75 Å². The Morgan fingerprint density at radius 2 is 1.65 bits per heavy atom. The number of carbonyl (C=O) groups excluding carboxylic acids is 2. The van der Waals surface area contributed by atoms with Gasteiger partial charge in [-0.05, 0) is 35.9 Å².